The zero-order chi connectivity index (χ0) is 14.9. The Morgan fingerprint density at radius 1 is 1.24 bits per heavy atom. The first kappa shape index (κ1) is 15.8. The second-order valence-electron chi connectivity index (χ2n) is 5.58. The molecule has 1 N–H and O–H groups in total. The second-order valence-corrected chi connectivity index (χ2v) is 5.58. The molecule has 0 aliphatic carbocycles. The fourth-order valence-electron chi connectivity index (χ4n) is 2.28. The number of carbonyl (C=O) groups is 1. The Labute approximate surface area is 126 Å². The van der Waals surface area contributed by atoms with Gasteiger partial charge in [-0.25, -0.2) is 0 Å². The van der Waals surface area contributed by atoms with E-state index in [1.807, 2.05) is 12.1 Å². The molecule has 0 saturated carbocycles. The van der Waals surface area contributed by atoms with Gasteiger partial charge in [0.25, 0.3) is 0 Å². The summed E-state index contributed by atoms with van der Waals surface area (Å²) in [5.41, 5.74) is 1.30. The standard InChI is InChI=1S/C17H24O4/c18-17(19)10-5-3-1-2-4-7-14-8-6-9-15(11-14)20-12-16-13-21-16/h6,8-9,11,16H,1-5,7,10,12-13H2,(H,18,19). The molecule has 1 saturated heterocycles. The molecular formula is C17H24O4. The normalized spacial score (nSPS) is 16.7. The van der Waals surface area contributed by atoms with E-state index in [9.17, 15) is 4.79 Å². The summed E-state index contributed by atoms with van der Waals surface area (Å²) in [7, 11) is 0. The molecule has 1 atom stereocenters. The summed E-state index contributed by atoms with van der Waals surface area (Å²) >= 11 is 0. The molecule has 1 unspecified atom stereocenters. The zero-order valence-corrected chi connectivity index (χ0v) is 12.4. The number of ether oxygens (including phenoxy) is 2. The molecule has 1 aromatic rings. The molecule has 2 rings (SSSR count). The lowest BCUT2D eigenvalue weighted by molar-refractivity contribution is -0.137. The Bertz CT molecular complexity index is 440. The Kier molecular flexibility index (Phi) is 6.54. The van der Waals surface area contributed by atoms with Gasteiger partial charge in [-0.2, -0.15) is 0 Å². The van der Waals surface area contributed by atoms with Crippen LogP contribution in [-0.4, -0.2) is 30.4 Å². The third-order valence-corrected chi connectivity index (χ3v) is 3.59. The van der Waals surface area contributed by atoms with Crippen LogP contribution in [0.25, 0.3) is 0 Å². The van der Waals surface area contributed by atoms with Crippen molar-refractivity contribution in [2.45, 2.75) is 51.0 Å². The largest absolute Gasteiger partial charge is 0.491 e. The van der Waals surface area contributed by atoms with Crippen LogP contribution in [0.2, 0.25) is 0 Å². The van der Waals surface area contributed by atoms with Gasteiger partial charge in [0.15, 0.2) is 0 Å². The van der Waals surface area contributed by atoms with Crippen molar-refractivity contribution in [3.05, 3.63) is 29.8 Å². The minimum Gasteiger partial charge on any atom is -0.491 e. The number of aliphatic carboxylic acids is 1. The fraction of sp³-hybridized carbons (Fsp3) is 0.588. The maximum atomic E-state index is 10.4. The topological polar surface area (TPSA) is 59.1 Å². The van der Waals surface area contributed by atoms with Crippen LogP contribution in [0.4, 0.5) is 0 Å². The number of benzene rings is 1. The molecular weight excluding hydrogens is 268 g/mol. The van der Waals surface area contributed by atoms with Crippen molar-refractivity contribution in [3.8, 4) is 5.75 Å². The van der Waals surface area contributed by atoms with Gasteiger partial charge in [0, 0.05) is 6.42 Å². The number of unbranched alkanes of at least 4 members (excludes halogenated alkanes) is 4. The monoisotopic (exact) mass is 292 g/mol. The molecule has 116 valence electrons. The van der Waals surface area contributed by atoms with E-state index in [0.29, 0.717) is 19.1 Å². The number of hydrogen-bond donors (Lipinski definition) is 1. The average molecular weight is 292 g/mol. The predicted octanol–water partition coefficient (Wildman–Crippen LogP) is 3.43. The third-order valence-electron chi connectivity index (χ3n) is 3.59. The van der Waals surface area contributed by atoms with Crippen LogP contribution in [0, 0.1) is 0 Å². The summed E-state index contributed by atoms with van der Waals surface area (Å²) in [4.78, 5) is 10.4. The summed E-state index contributed by atoms with van der Waals surface area (Å²) < 4.78 is 10.8. The molecule has 1 aliphatic heterocycles. The van der Waals surface area contributed by atoms with Gasteiger partial charge < -0.3 is 14.6 Å². The Morgan fingerprint density at radius 2 is 2.00 bits per heavy atom. The molecule has 4 heteroatoms. The number of epoxide rings is 1. The summed E-state index contributed by atoms with van der Waals surface area (Å²) in [5, 5.41) is 8.55. The third kappa shape index (κ3) is 7.14. The van der Waals surface area contributed by atoms with E-state index in [1.54, 1.807) is 0 Å². The molecule has 4 nitrogen and oxygen atoms in total. The summed E-state index contributed by atoms with van der Waals surface area (Å²) in [6.07, 6.45) is 6.85. The van der Waals surface area contributed by atoms with Crippen LogP contribution in [0.15, 0.2) is 24.3 Å². The van der Waals surface area contributed by atoms with Gasteiger partial charge >= 0.3 is 5.97 Å². The SMILES string of the molecule is O=C(O)CCCCCCCc1cccc(OCC2CO2)c1. The molecule has 0 amide bonds. The average Bonchev–Trinajstić information content (AvgIpc) is 3.28. The molecule has 0 bridgehead atoms. The Balaban J connectivity index is 1.56. The number of rotatable bonds is 11. The number of hydrogen-bond acceptors (Lipinski definition) is 3. The second kappa shape index (κ2) is 8.67. The molecule has 0 radical (unpaired) electrons. The van der Waals surface area contributed by atoms with Crippen molar-refractivity contribution in [1.82, 2.24) is 0 Å². The van der Waals surface area contributed by atoms with E-state index >= 15 is 0 Å². The maximum absolute atomic E-state index is 10.4. The fourth-order valence-corrected chi connectivity index (χ4v) is 2.28. The lowest BCUT2D eigenvalue weighted by atomic mass is 10.0. The molecule has 1 fully saturated rings. The van der Waals surface area contributed by atoms with Gasteiger partial charge in [-0.15, -0.1) is 0 Å². The van der Waals surface area contributed by atoms with Gasteiger partial charge in [0.1, 0.15) is 18.5 Å². The molecule has 0 aromatic heterocycles. The van der Waals surface area contributed by atoms with E-state index in [2.05, 4.69) is 12.1 Å². The van der Waals surface area contributed by atoms with Gasteiger partial charge in [0.05, 0.1) is 6.61 Å². The highest BCUT2D eigenvalue weighted by Gasteiger charge is 2.22. The van der Waals surface area contributed by atoms with Crippen molar-refractivity contribution in [2.75, 3.05) is 13.2 Å². The highest BCUT2D eigenvalue weighted by Crippen LogP contribution is 2.18. The van der Waals surface area contributed by atoms with Crippen LogP contribution < -0.4 is 4.74 Å². The highest BCUT2D eigenvalue weighted by atomic mass is 16.6. The molecule has 21 heavy (non-hydrogen) atoms. The van der Waals surface area contributed by atoms with E-state index in [-0.39, 0.29) is 0 Å². The van der Waals surface area contributed by atoms with Crippen molar-refractivity contribution < 1.29 is 19.4 Å². The van der Waals surface area contributed by atoms with E-state index in [0.717, 1.165) is 50.9 Å². The highest BCUT2D eigenvalue weighted by molar-refractivity contribution is 5.66. The van der Waals surface area contributed by atoms with Crippen LogP contribution in [0.1, 0.15) is 44.1 Å². The van der Waals surface area contributed by atoms with Crippen LogP contribution in [0.5, 0.6) is 5.75 Å². The lowest BCUT2D eigenvalue weighted by Gasteiger charge is -2.07. The van der Waals surface area contributed by atoms with E-state index < -0.39 is 5.97 Å². The summed E-state index contributed by atoms with van der Waals surface area (Å²) in [6, 6.07) is 8.25. The minimum atomic E-state index is -0.691. The van der Waals surface area contributed by atoms with Gasteiger partial charge in [-0.1, -0.05) is 31.4 Å². The van der Waals surface area contributed by atoms with Crippen molar-refractivity contribution in [3.63, 3.8) is 0 Å². The van der Waals surface area contributed by atoms with Crippen molar-refractivity contribution in [1.29, 1.82) is 0 Å². The molecule has 1 heterocycles. The van der Waals surface area contributed by atoms with Gasteiger partial charge in [-0.05, 0) is 37.0 Å². The molecule has 0 spiro atoms. The summed E-state index contributed by atoms with van der Waals surface area (Å²) in [6.45, 7) is 1.47. The smallest absolute Gasteiger partial charge is 0.303 e. The summed E-state index contributed by atoms with van der Waals surface area (Å²) in [5.74, 6) is 0.230. The number of aryl methyl sites for hydroxylation is 1. The first-order valence-electron chi connectivity index (χ1n) is 7.79. The Hall–Kier alpha value is -1.55. The van der Waals surface area contributed by atoms with Gasteiger partial charge in [-0.3, -0.25) is 4.79 Å². The molecule has 1 aliphatic rings. The Morgan fingerprint density at radius 3 is 2.76 bits per heavy atom. The van der Waals surface area contributed by atoms with Gasteiger partial charge in [0.2, 0.25) is 0 Å². The number of carboxylic acid groups (broad SMARTS) is 1. The van der Waals surface area contributed by atoms with Crippen LogP contribution in [0.3, 0.4) is 0 Å². The van der Waals surface area contributed by atoms with E-state index in [4.69, 9.17) is 14.6 Å². The number of carboxylic acids is 1. The first-order chi connectivity index (χ1) is 10.2. The lowest BCUT2D eigenvalue weighted by Crippen LogP contribution is -2.04. The molecule has 1 aromatic carbocycles. The first-order valence-corrected chi connectivity index (χ1v) is 7.79. The van der Waals surface area contributed by atoms with Crippen LogP contribution in [-0.2, 0) is 16.0 Å². The predicted molar refractivity (Wildman–Crippen MR) is 80.7 cm³/mol. The minimum absolute atomic E-state index is 0.291. The maximum Gasteiger partial charge on any atom is 0.303 e. The van der Waals surface area contributed by atoms with Crippen molar-refractivity contribution in [2.24, 2.45) is 0 Å². The van der Waals surface area contributed by atoms with Crippen LogP contribution >= 0.6 is 0 Å². The van der Waals surface area contributed by atoms with Crippen molar-refractivity contribution >= 4 is 5.97 Å². The zero-order valence-electron chi connectivity index (χ0n) is 12.4. The quantitative estimate of drug-likeness (QED) is 0.501. The van der Waals surface area contributed by atoms with E-state index in [1.165, 1.54) is 5.56 Å².